The number of amides is 1. The van der Waals surface area contributed by atoms with E-state index in [0.29, 0.717) is 4.32 Å². The second-order valence-electron chi connectivity index (χ2n) is 4.02. The van der Waals surface area contributed by atoms with Crippen LogP contribution in [-0.2, 0) is 4.79 Å². The van der Waals surface area contributed by atoms with E-state index in [2.05, 4.69) is 6.92 Å². The molecule has 1 atom stereocenters. The number of carbonyl (C=O) groups excluding carboxylic acids is 1. The maximum Gasteiger partial charge on any atom is 0.246 e. The van der Waals surface area contributed by atoms with Gasteiger partial charge in [-0.3, -0.25) is 9.69 Å². The lowest BCUT2D eigenvalue weighted by atomic mass is 10.2. The van der Waals surface area contributed by atoms with Crippen LogP contribution in [-0.4, -0.2) is 15.5 Å². The highest BCUT2D eigenvalue weighted by atomic mass is 32.2. The van der Waals surface area contributed by atoms with E-state index < -0.39 is 0 Å². The van der Waals surface area contributed by atoms with Crippen molar-refractivity contribution in [1.29, 1.82) is 0 Å². The first kappa shape index (κ1) is 12.6. The normalized spacial score (nSPS) is 20.1. The Kier molecular flexibility index (Phi) is 4.18. The minimum atomic E-state index is 0.0163. The van der Waals surface area contributed by atoms with Gasteiger partial charge in [0.05, 0.1) is 10.9 Å². The van der Waals surface area contributed by atoms with Gasteiger partial charge in [-0.1, -0.05) is 61.9 Å². The summed E-state index contributed by atoms with van der Waals surface area (Å²) in [6, 6.07) is 9.64. The number of benzene rings is 1. The first-order valence-corrected chi connectivity index (χ1v) is 7.12. The van der Waals surface area contributed by atoms with Crippen molar-refractivity contribution in [2.75, 3.05) is 4.90 Å². The molecular weight excluding hydrogens is 250 g/mol. The van der Waals surface area contributed by atoms with Crippen molar-refractivity contribution in [1.82, 2.24) is 0 Å². The summed E-state index contributed by atoms with van der Waals surface area (Å²) in [4.78, 5) is 13.9. The lowest BCUT2D eigenvalue weighted by Gasteiger charge is -2.15. The molecule has 0 spiro atoms. The Morgan fingerprint density at radius 1 is 1.35 bits per heavy atom. The van der Waals surface area contributed by atoms with Crippen molar-refractivity contribution in [2.45, 2.75) is 31.4 Å². The number of rotatable bonds is 4. The number of nitrogens with zero attached hydrogens (tertiary/aromatic N) is 1. The third kappa shape index (κ3) is 2.69. The van der Waals surface area contributed by atoms with Crippen molar-refractivity contribution >= 4 is 39.9 Å². The van der Waals surface area contributed by atoms with Crippen LogP contribution in [0.4, 0.5) is 5.69 Å². The maximum atomic E-state index is 12.2. The Morgan fingerprint density at radius 3 is 2.71 bits per heavy atom. The molecule has 17 heavy (non-hydrogen) atoms. The first-order valence-electron chi connectivity index (χ1n) is 5.83. The molecule has 90 valence electrons. The molecule has 0 N–H and O–H groups in total. The van der Waals surface area contributed by atoms with E-state index in [4.69, 9.17) is 12.2 Å². The highest BCUT2D eigenvalue weighted by Gasteiger charge is 2.37. The summed E-state index contributed by atoms with van der Waals surface area (Å²) >= 11 is 6.82. The Bertz CT molecular complexity index is 419. The van der Waals surface area contributed by atoms with Crippen LogP contribution in [0.1, 0.15) is 26.2 Å². The summed E-state index contributed by atoms with van der Waals surface area (Å²) in [5, 5.41) is 0.0163. The number of anilines is 1. The SMILES string of the molecule is CCCCC1SC(=S)N(c2ccccc2)C1=O. The van der Waals surface area contributed by atoms with Gasteiger partial charge in [0, 0.05) is 0 Å². The van der Waals surface area contributed by atoms with Crippen LogP contribution in [0.3, 0.4) is 0 Å². The van der Waals surface area contributed by atoms with Gasteiger partial charge >= 0.3 is 0 Å². The second kappa shape index (κ2) is 5.65. The molecule has 4 heteroatoms. The molecule has 1 aliphatic heterocycles. The summed E-state index contributed by atoms with van der Waals surface area (Å²) in [5.41, 5.74) is 0.883. The lowest BCUT2D eigenvalue weighted by Crippen LogP contribution is -2.31. The van der Waals surface area contributed by atoms with E-state index in [1.807, 2.05) is 30.3 Å². The minimum Gasteiger partial charge on any atom is -0.273 e. The van der Waals surface area contributed by atoms with Gasteiger partial charge < -0.3 is 0 Å². The van der Waals surface area contributed by atoms with E-state index in [1.54, 1.807) is 4.90 Å². The number of carbonyl (C=O) groups is 1. The molecule has 1 aromatic carbocycles. The number of thioether (sulfide) groups is 1. The van der Waals surface area contributed by atoms with Crippen molar-refractivity contribution in [3.05, 3.63) is 30.3 Å². The zero-order valence-electron chi connectivity index (χ0n) is 9.76. The molecule has 1 heterocycles. The minimum absolute atomic E-state index is 0.0163. The Balaban J connectivity index is 2.15. The van der Waals surface area contributed by atoms with Gasteiger partial charge in [0.2, 0.25) is 5.91 Å². The number of para-hydroxylation sites is 1. The average Bonchev–Trinajstić information content (AvgIpc) is 2.63. The van der Waals surface area contributed by atoms with Crippen LogP contribution in [0, 0.1) is 0 Å². The summed E-state index contributed by atoms with van der Waals surface area (Å²) in [5.74, 6) is 0.139. The van der Waals surface area contributed by atoms with Gasteiger partial charge in [-0.25, -0.2) is 0 Å². The Labute approximate surface area is 111 Å². The zero-order valence-corrected chi connectivity index (χ0v) is 11.4. The Hall–Kier alpha value is -0.870. The molecule has 0 radical (unpaired) electrons. The molecule has 1 fully saturated rings. The maximum absolute atomic E-state index is 12.2. The highest BCUT2D eigenvalue weighted by Crippen LogP contribution is 2.34. The number of hydrogen-bond acceptors (Lipinski definition) is 3. The van der Waals surface area contributed by atoms with Crippen LogP contribution >= 0.6 is 24.0 Å². The summed E-state index contributed by atoms with van der Waals surface area (Å²) < 4.78 is 0.683. The van der Waals surface area contributed by atoms with Gasteiger partial charge in [-0.15, -0.1) is 0 Å². The van der Waals surface area contributed by atoms with E-state index in [9.17, 15) is 4.79 Å². The van der Waals surface area contributed by atoms with Crippen molar-refractivity contribution in [3.8, 4) is 0 Å². The fraction of sp³-hybridized carbons (Fsp3) is 0.385. The van der Waals surface area contributed by atoms with E-state index in [-0.39, 0.29) is 11.2 Å². The predicted octanol–water partition coefficient (Wildman–Crippen LogP) is 3.61. The Morgan fingerprint density at radius 2 is 2.06 bits per heavy atom. The molecule has 0 aliphatic carbocycles. The molecule has 0 aromatic heterocycles. The molecular formula is C13H15NOS2. The van der Waals surface area contributed by atoms with Crippen LogP contribution in [0.15, 0.2) is 30.3 Å². The van der Waals surface area contributed by atoms with Gasteiger partial charge in [0.15, 0.2) is 0 Å². The van der Waals surface area contributed by atoms with E-state index in [1.165, 1.54) is 11.8 Å². The fourth-order valence-corrected chi connectivity index (χ4v) is 3.42. The molecule has 0 bridgehead atoms. The molecule has 1 amide bonds. The second-order valence-corrected chi connectivity index (χ2v) is 5.86. The van der Waals surface area contributed by atoms with Gasteiger partial charge in [-0.05, 0) is 18.6 Å². The summed E-state index contributed by atoms with van der Waals surface area (Å²) in [7, 11) is 0. The van der Waals surface area contributed by atoms with Gasteiger partial charge in [0.1, 0.15) is 4.32 Å². The molecule has 1 aliphatic rings. The smallest absolute Gasteiger partial charge is 0.246 e. The van der Waals surface area contributed by atoms with Gasteiger partial charge in [0.25, 0.3) is 0 Å². The standard InChI is InChI=1S/C13H15NOS2/c1-2-3-9-11-12(15)14(13(16)17-11)10-7-5-4-6-8-10/h4-8,11H,2-3,9H2,1H3. The number of unbranched alkanes of at least 4 members (excludes halogenated alkanes) is 1. The van der Waals surface area contributed by atoms with E-state index in [0.717, 1.165) is 24.9 Å². The number of hydrogen-bond donors (Lipinski definition) is 0. The van der Waals surface area contributed by atoms with Crippen molar-refractivity contribution in [2.24, 2.45) is 0 Å². The van der Waals surface area contributed by atoms with E-state index >= 15 is 0 Å². The quantitative estimate of drug-likeness (QED) is 0.776. The molecule has 2 rings (SSSR count). The molecule has 1 aromatic rings. The highest BCUT2D eigenvalue weighted by molar-refractivity contribution is 8.25. The van der Waals surface area contributed by atoms with Gasteiger partial charge in [-0.2, -0.15) is 0 Å². The van der Waals surface area contributed by atoms with Crippen LogP contribution in [0.5, 0.6) is 0 Å². The monoisotopic (exact) mass is 265 g/mol. The molecule has 1 saturated heterocycles. The van der Waals surface area contributed by atoms with Crippen LogP contribution < -0.4 is 4.90 Å². The van der Waals surface area contributed by atoms with Crippen LogP contribution in [0.2, 0.25) is 0 Å². The van der Waals surface area contributed by atoms with Crippen molar-refractivity contribution < 1.29 is 4.79 Å². The van der Waals surface area contributed by atoms with Crippen molar-refractivity contribution in [3.63, 3.8) is 0 Å². The molecule has 2 nitrogen and oxygen atoms in total. The average molecular weight is 265 g/mol. The lowest BCUT2D eigenvalue weighted by molar-refractivity contribution is -0.117. The largest absolute Gasteiger partial charge is 0.273 e. The van der Waals surface area contributed by atoms with Crippen LogP contribution in [0.25, 0.3) is 0 Å². The first-order chi connectivity index (χ1) is 8.24. The number of thiocarbonyl (C=S) groups is 1. The topological polar surface area (TPSA) is 20.3 Å². The summed E-state index contributed by atoms with van der Waals surface area (Å²) in [6.07, 6.45) is 3.11. The predicted molar refractivity (Wildman–Crippen MR) is 77.4 cm³/mol. The third-order valence-electron chi connectivity index (χ3n) is 2.76. The molecule has 1 unspecified atom stereocenters. The zero-order chi connectivity index (χ0) is 12.3. The third-order valence-corrected chi connectivity index (χ3v) is 4.33. The summed E-state index contributed by atoms with van der Waals surface area (Å²) in [6.45, 7) is 2.14. The molecule has 0 saturated carbocycles. The fourth-order valence-electron chi connectivity index (χ4n) is 1.84.